The summed E-state index contributed by atoms with van der Waals surface area (Å²) in [6, 6.07) is 35.4. The minimum Gasteiger partial charge on any atom is -0.0985 e. The van der Waals surface area contributed by atoms with Gasteiger partial charge in [-0.05, 0) is 47.2 Å². The second kappa shape index (κ2) is 8.62. The van der Waals surface area contributed by atoms with E-state index in [-0.39, 0.29) is 0 Å². The van der Waals surface area contributed by atoms with E-state index in [4.69, 9.17) is 0 Å². The van der Waals surface area contributed by atoms with Crippen LogP contribution in [0.4, 0.5) is 0 Å². The van der Waals surface area contributed by atoms with E-state index in [1.807, 2.05) is 12.2 Å². The second-order valence-corrected chi connectivity index (χ2v) is 8.13. The Morgan fingerprint density at radius 3 is 0.968 bits per heavy atom. The fourth-order valence-electron chi connectivity index (χ4n) is 4.35. The molecule has 31 heavy (non-hydrogen) atoms. The molecule has 0 saturated carbocycles. The van der Waals surface area contributed by atoms with Crippen molar-refractivity contribution in [3.8, 4) is 0 Å². The van der Waals surface area contributed by atoms with Gasteiger partial charge in [0, 0.05) is 0 Å². The standard InChI is InChI=1S/C31H28/c1-5-25-11-19-29(20-12-25)31(27-15-7-23(3)8-16-27,28-17-9-24(4)10-18-28)30-21-13-26(6-2)14-22-30/h5-22H,1-2H2,3-4H3. The van der Waals surface area contributed by atoms with Gasteiger partial charge in [0.2, 0.25) is 0 Å². The fourth-order valence-corrected chi connectivity index (χ4v) is 4.35. The molecular weight excluding hydrogens is 372 g/mol. The normalized spacial score (nSPS) is 11.2. The van der Waals surface area contributed by atoms with Crippen LogP contribution >= 0.6 is 0 Å². The van der Waals surface area contributed by atoms with E-state index in [1.54, 1.807) is 0 Å². The van der Waals surface area contributed by atoms with Gasteiger partial charge in [-0.15, -0.1) is 0 Å². The van der Waals surface area contributed by atoms with Crippen molar-refractivity contribution in [2.45, 2.75) is 19.3 Å². The van der Waals surface area contributed by atoms with Crippen LogP contribution in [-0.2, 0) is 5.41 Å². The Kier molecular flexibility index (Phi) is 5.73. The summed E-state index contributed by atoms with van der Waals surface area (Å²) in [5.74, 6) is 0. The molecule has 0 heterocycles. The maximum Gasteiger partial charge on any atom is 0.0701 e. The largest absolute Gasteiger partial charge is 0.0985 e. The topological polar surface area (TPSA) is 0 Å². The van der Waals surface area contributed by atoms with Crippen LogP contribution in [-0.4, -0.2) is 0 Å². The lowest BCUT2D eigenvalue weighted by molar-refractivity contribution is 0.744. The molecule has 0 unspecified atom stereocenters. The van der Waals surface area contributed by atoms with Gasteiger partial charge in [0.25, 0.3) is 0 Å². The summed E-state index contributed by atoms with van der Waals surface area (Å²) in [7, 11) is 0. The van der Waals surface area contributed by atoms with Crippen LogP contribution in [0.1, 0.15) is 44.5 Å². The van der Waals surface area contributed by atoms with Gasteiger partial charge in [-0.2, -0.15) is 0 Å². The Hall–Kier alpha value is -3.64. The van der Waals surface area contributed by atoms with Gasteiger partial charge in [0.05, 0.1) is 5.41 Å². The molecule has 4 aromatic rings. The molecule has 0 aliphatic carbocycles. The highest BCUT2D eigenvalue weighted by atomic mass is 14.4. The van der Waals surface area contributed by atoms with Crippen molar-refractivity contribution in [3.63, 3.8) is 0 Å². The van der Waals surface area contributed by atoms with E-state index in [2.05, 4.69) is 124 Å². The summed E-state index contributed by atoms with van der Waals surface area (Å²) in [5, 5.41) is 0. The molecule has 0 spiro atoms. The van der Waals surface area contributed by atoms with E-state index in [0.29, 0.717) is 0 Å². The summed E-state index contributed by atoms with van der Waals surface area (Å²) in [6.07, 6.45) is 3.78. The fraction of sp³-hybridized carbons (Fsp3) is 0.0968. The number of hydrogen-bond donors (Lipinski definition) is 0. The van der Waals surface area contributed by atoms with E-state index in [0.717, 1.165) is 11.1 Å². The monoisotopic (exact) mass is 400 g/mol. The molecule has 0 heteroatoms. The Balaban J connectivity index is 2.10. The van der Waals surface area contributed by atoms with Gasteiger partial charge in [-0.1, -0.05) is 133 Å². The van der Waals surface area contributed by atoms with Crippen molar-refractivity contribution in [2.24, 2.45) is 0 Å². The zero-order valence-electron chi connectivity index (χ0n) is 18.3. The maximum atomic E-state index is 3.93. The molecule has 0 radical (unpaired) electrons. The zero-order chi connectivity index (χ0) is 21.8. The molecule has 4 aromatic carbocycles. The lowest BCUT2D eigenvalue weighted by Gasteiger charge is -2.37. The maximum absolute atomic E-state index is 3.93. The summed E-state index contributed by atoms with van der Waals surface area (Å²) < 4.78 is 0. The summed E-state index contributed by atoms with van der Waals surface area (Å²) >= 11 is 0. The first kappa shape index (κ1) is 20.6. The van der Waals surface area contributed by atoms with Crippen LogP contribution in [0.2, 0.25) is 0 Å². The van der Waals surface area contributed by atoms with Gasteiger partial charge >= 0.3 is 0 Å². The van der Waals surface area contributed by atoms with Crippen molar-refractivity contribution in [1.29, 1.82) is 0 Å². The van der Waals surface area contributed by atoms with Gasteiger partial charge in [-0.25, -0.2) is 0 Å². The smallest absolute Gasteiger partial charge is 0.0701 e. The highest BCUT2D eigenvalue weighted by Gasteiger charge is 2.38. The molecule has 152 valence electrons. The minimum atomic E-state index is -0.430. The second-order valence-electron chi connectivity index (χ2n) is 8.13. The number of rotatable bonds is 6. The van der Waals surface area contributed by atoms with Gasteiger partial charge in [0.1, 0.15) is 0 Å². The van der Waals surface area contributed by atoms with Crippen molar-refractivity contribution < 1.29 is 0 Å². The van der Waals surface area contributed by atoms with Crippen molar-refractivity contribution in [3.05, 3.63) is 155 Å². The predicted octanol–water partition coefficient (Wildman–Crippen LogP) is 7.97. The SMILES string of the molecule is C=Cc1ccc(C(c2ccc(C)cc2)(c2ccc(C)cc2)c2ccc(C=C)cc2)cc1. The molecular formula is C31H28. The van der Waals surface area contributed by atoms with E-state index in [9.17, 15) is 0 Å². The summed E-state index contributed by atoms with van der Waals surface area (Å²) in [4.78, 5) is 0. The first-order chi connectivity index (χ1) is 15.1. The Labute approximate surface area is 186 Å². The van der Waals surface area contributed by atoms with Crippen molar-refractivity contribution in [1.82, 2.24) is 0 Å². The van der Waals surface area contributed by atoms with Crippen LogP contribution in [0.15, 0.2) is 110 Å². The molecule has 0 bridgehead atoms. The zero-order valence-corrected chi connectivity index (χ0v) is 18.3. The van der Waals surface area contributed by atoms with E-state index in [1.165, 1.54) is 33.4 Å². The Morgan fingerprint density at radius 1 is 0.452 bits per heavy atom. The van der Waals surface area contributed by atoms with Gasteiger partial charge in [-0.3, -0.25) is 0 Å². The van der Waals surface area contributed by atoms with Crippen LogP contribution in [0.3, 0.4) is 0 Å². The molecule has 0 saturated heterocycles. The van der Waals surface area contributed by atoms with Crippen LogP contribution in [0.25, 0.3) is 12.2 Å². The molecule has 4 rings (SSSR count). The highest BCUT2D eigenvalue weighted by molar-refractivity contribution is 5.62. The molecule has 0 amide bonds. The number of aryl methyl sites for hydroxylation is 2. The highest BCUT2D eigenvalue weighted by Crippen LogP contribution is 2.45. The van der Waals surface area contributed by atoms with Crippen LogP contribution in [0.5, 0.6) is 0 Å². The van der Waals surface area contributed by atoms with Crippen molar-refractivity contribution in [2.75, 3.05) is 0 Å². The van der Waals surface area contributed by atoms with E-state index >= 15 is 0 Å². The molecule has 0 atom stereocenters. The molecule has 0 N–H and O–H groups in total. The number of hydrogen-bond acceptors (Lipinski definition) is 0. The third-order valence-corrected chi connectivity index (χ3v) is 6.13. The van der Waals surface area contributed by atoms with Gasteiger partial charge < -0.3 is 0 Å². The summed E-state index contributed by atoms with van der Waals surface area (Å²) in [6.45, 7) is 12.1. The average molecular weight is 401 g/mol. The number of benzene rings is 4. The average Bonchev–Trinajstić information content (AvgIpc) is 2.82. The Morgan fingerprint density at radius 2 is 0.710 bits per heavy atom. The third kappa shape index (κ3) is 3.78. The molecule has 0 aliphatic rings. The predicted molar refractivity (Wildman–Crippen MR) is 134 cm³/mol. The van der Waals surface area contributed by atoms with Crippen LogP contribution in [0, 0.1) is 13.8 Å². The van der Waals surface area contributed by atoms with Crippen molar-refractivity contribution >= 4 is 12.2 Å². The molecule has 0 aliphatic heterocycles. The molecule has 0 fully saturated rings. The quantitative estimate of drug-likeness (QED) is 0.288. The Bertz CT molecular complexity index is 1070. The first-order valence-electron chi connectivity index (χ1n) is 10.7. The first-order valence-corrected chi connectivity index (χ1v) is 10.7. The third-order valence-electron chi connectivity index (χ3n) is 6.13. The molecule has 0 nitrogen and oxygen atoms in total. The van der Waals surface area contributed by atoms with E-state index < -0.39 is 5.41 Å². The lowest BCUT2D eigenvalue weighted by Crippen LogP contribution is -2.31. The lowest BCUT2D eigenvalue weighted by atomic mass is 9.65. The van der Waals surface area contributed by atoms with Gasteiger partial charge in [0.15, 0.2) is 0 Å². The molecule has 0 aromatic heterocycles. The summed E-state index contributed by atoms with van der Waals surface area (Å²) in [5.41, 5.74) is 9.28. The van der Waals surface area contributed by atoms with Crippen LogP contribution < -0.4 is 0 Å². The minimum absolute atomic E-state index is 0.430.